The third-order valence-corrected chi connectivity index (χ3v) is 5.36. The molecule has 0 bridgehead atoms. The van der Waals surface area contributed by atoms with E-state index >= 15 is 0 Å². The molecule has 1 heterocycles. The number of ether oxygens (including phenoxy) is 1. The molecule has 0 radical (unpaired) electrons. The summed E-state index contributed by atoms with van der Waals surface area (Å²) in [5, 5.41) is 12.1. The third-order valence-electron chi connectivity index (χ3n) is 4.37. The summed E-state index contributed by atoms with van der Waals surface area (Å²) in [5.74, 6) is 1.54. The van der Waals surface area contributed by atoms with Gasteiger partial charge in [-0.05, 0) is 48.4 Å². The van der Waals surface area contributed by atoms with Crippen LogP contribution in [0.1, 0.15) is 40.0 Å². The van der Waals surface area contributed by atoms with Crippen LogP contribution in [0.2, 0.25) is 0 Å². The van der Waals surface area contributed by atoms with Crippen LogP contribution in [0.5, 0.6) is 0 Å². The Balaban J connectivity index is 1.88. The van der Waals surface area contributed by atoms with Crippen molar-refractivity contribution in [1.82, 2.24) is 0 Å². The van der Waals surface area contributed by atoms with Gasteiger partial charge >= 0.3 is 5.97 Å². The Kier molecular flexibility index (Phi) is 6.12. The molecule has 4 nitrogen and oxygen atoms in total. The zero-order chi connectivity index (χ0) is 16.1. The van der Waals surface area contributed by atoms with E-state index in [9.17, 15) is 10.0 Å². The summed E-state index contributed by atoms with van der Waals surface area (Å²) in [6, 6.07) is 5.18. The molecule has 1 aromatic heterocycles. The molecule has 1 aromatic rings. The fourth-order valence-corrected chi connectivity index (χ4v) is 3.81. The highest BCUT2D eigenvalue weighted by atomic mass is 32.2. The topological polar surface area (TPSA) is 53.2 Å². The van der Waals surface area contributed by atoms with Crippen LogP contribution in [0.15, 0.2) is 29.4 Å². The first kappa shape index (κ1) is 17.1. The molecule has 1 saturated carbocycles. The first-order valence-electron chi connectivity index (χ1n) is 7.98. The molecule has 0 saturated heterocycles. The number of pyridine rings is 1. The van der Waals surface area contributed by atoms with Crippen molar-refractivity contribution in [2.24, 2.45) is 17.8 Å². The highest BCUT2D eigenvalue weighted by Gasteiger charge is 2.33. The molecule has 3 atom stereocenters. The van der Waals surface area contributed by atoms with Crippen molar-refractivity contribution in [1.29, 1.82) is 0 Å². The number of rotatable bonds is 5. The monoisotopic (exact) mass is 323 g/mol. The van der Waals surface area contributed by atoms with Crippen molar-refractivity contribution in [2.75, 3.05) is 5.75 Å². The van der Waals surface area contributed by atoms with Gasteiger partial charge in [-0.2, -0.15) is 4.73 Å². The van der Waals surface area contributed by atoms with Gasteiger partial charge in [0.2, 0.25) is 0 Å². The fourth-order valence-electron chi connectivity index (χ4n) is 3.11. The van der Waals surface area contributed by atoms with Gasteiger partial charge < -0.3 is 9.94 Å². The van der Waals surface area contributed by atoms with Crippen molar-refractivity contribution in [2.45, 2.75) is 51.2 Å². The van der Waals surface area contributed by atoms with Crippen LogP contribution in [0.3, 0.4) is 0 Å². The Morgan fingerprint density at radius 1 is 1.45 bits per heavy atom. The van der Waals surface area contributed by atoms with Crippen molar-refractivity contribution >= 4 is 17.7 Å². The summed E-state index contributed by atoms with van der Waals surface area (Å²) in [7, 11) is 0. The van der Waals surface area contributed by atoms with Crippen LogP contribution < -0.4 is 4.73 Å². The quantitative estimate of drug-likeness (QED) is 0.361. The van der Waals surface area contributed by atoms with E-state index in [1.165, 1.54) is 24.4 Å². The number of carbonyl (C=O) groups is 1. The molecule has 2 rings (SSSR count). The molecular weight excluding hydrogens is 298 g/mol. The maximum absolute atomic E-state index is 12.1. The largest absolute Gasteiger partial charge is 0.618 e. The molecule has 1 aliphatic carbocycles. The van der Waals surface area contributed by atoms with Gasteiger partial charge in [0, 0.05) is 12.1 Å². The van der Waals surface area contributed by atoms with E-state index in [-0.39, 0.29) is 17.8 Å². The minimum atomic E-state index is -0.224. The van der Waals surface area contributed by atoms with Crippen LogP contribution in [-0.2, 0) is 9.53 Å². The van der Waals surface area contributed by atoms with Gasteiger partial charge in [0.1, 0.15) is 11.9 Å². The van der Waals surface area contributed by atoms with Crippen LogP contribution in [0.4, 0.5) is 0 Å². The van der Waals surface area contributed by atoms with E-state index < -0.39 is 0 Å². The predicted molar refractivity (Wildman–Crippen MR) is 87.3 cm³/mol. The van der Waals surface area contributed by atoms with E-state index in [4.69, 9.17) is 4.74 Å². The second-order valence-corrected chi connectivity index (χ2v) is 7.50. The number of aromatic nitrogens is 1. The van der Waals surface area contributed by atoms with Gasteiger partial charge in [0.25, 0.3) is 5.03 Å². The molecule has 22 heavy (non-hydrogen) atoms. The zero-order valence-corrected chi connectivity index (χ0v) is 14.3. The summed E-state index contributed by atoms with van der Waals surface area (Å²) in [6.07, 6.45) is 4.75. The lowest BCUT2D eigenvalue weighted by Gasteiger charge is -2.36. The number of carbonyl (C=O) groups excluding carboxylic acids is 1. The molecule has 0 amide bonds. The molecule has 0 spiro atoms. The molecule has 0 N–H and O–H groups in total. The van der Waals surface area contributed by atoms with Gasteiger partial charge in [-0.25, -0.2) is 0 Å². The number of thioether (sulfide) groups is 1. The van der Waals surface area contributed by atoms with Crippen LogP contribution in [-0.4, -0.2) is 17.8 Å². The minimum Gasteiger partial charge on any atom is -0.618 e. The first-order chi connectivity index (χ1) is 10.5. The van der Waals surface area contributed by atoms with Gasteiger partial charge in [0.05, 0.1) is 0 Å². The summed E-state index contributed by atoms with van der Waals surface area (Å²) in [6.45, 7) is 6.61. The fraction of sp³-hybridized carbons (Fsp3) is 0.647. The molecule has 0 aromatic carbocycles. The summed E-state index contributed by atoms with van der Waals surface area (Å²) in [5.41, 5.74) is 0. The third kappa shape index (κ3) is 4.63. The Morgan fingerprint density at radius 2 is 2.23 bits per heavy atom. The highest BCUT2D eigenvalue weighted by Crippen LogP contribution is 2.35. The average Bonchev–Trinajstić information content (AvgIpc) is 2.46. The lowest BCUT2D eigenvalue weighted by atomic mass is 9.75. The molecule has 0 aliphatic heterocycles. The van der Waals surface area contributed by atoms with Crippen LogP contribution in [0, 0.1) is 23.0 Å². The Morgan fingerprint density at radius 3 is 2.91 bits per heavy atom. The van der Waals surface area contributed by atoms with E-state index in [1.54, 1.807) is 18.2 Å². The first-order valence-corrected chi connectivity index (χ1v) is 8.96. The normalized spacial score (nSPS) is 25.2. The van der Waals surface area contributed by atoms with E-state index in [0.717, 1.165) is 17.6 Å². The summed E-state index contributed by atoms with van der Waals surface area (Å²) >= 11 is 1.23. The van der Waals surface area contributed by atoms with Gasteiger partial charge in [0.15, 0.2) is 6.20 Å². The maximum Gasteiger partial charge on any atom is 0.316 e. The van der Waals surface area contributed by atoms with E-state index in [2.05, 4.69) is 20.8 Å². The second kappa shape index (κ2) is 7.86. The van der Waals surface area contributed by atoms with Crippen LogP contribution in [0.25, 0.3) is 0 Å². The van der Waals surface area contributed by atoms with Crippen molar-refractivity contribution in [3.05, 3.63) is 29.6 Å². The lowest BCUT2D eigenvalue weighted by Crippen LogP contribution is -2.36. The smallest absolute Gasteiger partial charge is 0.316 e. The molecule has 5 heteroatoms. The van der Waals surface area contributed by atoms with Crippen molar-refractivity contribution in [3.63, 3.8) is 0 Å². The number of hydrogen-bond acceptors (Lipinski definition) is 4. The maximum atomic E-state index is 12.1. The average molecular weight is 323 g/mol. The summed E-state index contributed by atoms with van der Waals surface area (Å²) < 4.78 is 6.50. The highest BCUT2D eigenvalue weighted by molar-refractivity contribution is 7.99. The van der Waals surface area contributed by atoms with Gasteiger partial charge in [-0.15, -0.1) is 0 Å². The Bertz CT molecular complexity index is 506. The predicted octanol–water partition coefficient (Wildman–Crippen LogP) is 3.42. The van der Waals surface area contributed by atoms with Gasteiger partial charge in [-0.3, -0.25) is 4.79 Å². The van der Waals surface area contributed by atoms with Crippen molar-refractivity contribution < 1.29 is 14.3 Å². The standard InChI is InChI=1S/C17H25NO3S/c1-12(2)14-8-7-13(3)10-15(14)21-17(19)11-22-16-6-4-5-9-18(16)20/h4-6,9,12-15H,7-8,10-11H2,1-3H3/t13-,14+,15-/m0/s1. The molecule has 1 fully saturated rings. The van der Waals surface area contributed by atoms with E-state index in [0.29, 0.717) is 22.8 Å². The van der Waals surface area contributed by atoms with Crippen molar-refractivity contribution in [3.8, 4) is 0 Å². The molecule has 0 unspecified atom stereocenters. The SMILES string of the molecule is CC(C)[C@H]1CC[C@H](C)C[C@@H]1OC(=O)CSc1cccc[n+]1[O-]. The minimum absolute atomic E-state index is 0.0204. The lowest BCUT2D eigenvalue weighted by molar-refractivity contribution is -0.645. The number of esters is 1. The number of hydrogen-bond donors (Lipinski definition) is 0. The molecule has 1 aliphatic rings. The summed E-state index contributed by atoms with van der Waals surface area (Å²) in [4.78, 5) is 12.1. The van der Waals surface area contributed by atoms with E-state index in [1.807, 2.05) is 0 Å². The second-order valence-electron chi connectivity index (χ2n) is 6.51. The Hall–Kier alpha value is -1.23. The zero-order valence-electron chi connectivity index (χ0n) is 13.5. The number of nitrogens with zero attached hydrogens (tertiary/aromatic N) is 1. The van der Waals surface area contributed by atoms with Gasteiger partial charge in [-0.1, -0.05) is 27.2 Å². The Labute approximate surface area is 136 Å². The van der Waals surface area contributed by atoms with Crippen LogP contribution >= 0.6 is 11.8 Å². The molecule has 122 valence electrons. The molecular formula is C17H25NO3S.